The molecule has 0 saturated carbocycles. The van der Waals surface area contributed by atoms with Gasteiger partial charge in [-0.2, -0.15) is 0 Å². The average molecular weight is 389 g/mol. The zero-order valence-electron chi connectivity index (χ0n) is 16.7. The van der Waals surface area contributed by atoms with Crippen LogP contribution >= 0.6 is 0 Å². The number of rotatable bonds is 8. The smallest absolute Gasteiger partial charge is 0.341 e. The highest BCUT2D eigenvalue weighted by Crippen LogP contribution is 2.39. The van der Waals surface area contributed by atoms with Gasteiger partial charge in [0.15, 0.2) is 0 Å². The van der Waals surface area contributed by atoms with Gasteiger partial charge >= 0.3 is 5.97 Å². The third-order valence-electron chi connectivity index (χ3n) is 5.77. The van der Waals surface area contributed by atoms with Gasteiger partial charge in [-0.15, -0.1) is 0 Å². The lowest BCUT2D eigenvalue weighted by Gasteiger charge is -2.38. The van der Waals surface area contributed by atoms with Crippen LogP contribution in [0.5, 0.6) is 5.75 Å². The van der Waals surface area contributed by atoms with Crippen molar-refractivity contribution in [3.8, 4) is 5.75 Å². The summed E-state index contributed by atoms with van der Waals surface area (Å²) in [5.74, 6) is -1.29. The van der Waals surface area contributed by atoms with Crippen LogP contribution in [0.3, 0.4) is 0 Å². The topological polar surface area (TPSA) is 68.5 Å². The quantitative estimate of drug-likeness (QED) is 0.634. The molecule has 0 spiro atoms. The maximum Gasteiger partial charge on any atom is 0.341 e. The number of aromatic carboxylic acids is 1. The van der Waals surface area contributed by atoms with Crippen molar-refractivity contribution in [2.24, 2.45) is 5.92 Å². The van der Waals surface area contributed by atoms with Crippen molar-refractivity contribution in [3.05, 3.63) is 39.9 Å². The third-order valence-corrected chi connectivity index (χ3v) is 5.77. The molecule has 3 atom stereocenters. The van der Waals surface area contributed by atoms with Gasteiger partial charge < -0.3 is 14.4 Å². The number of benzene rings is 1. The number of unbranched alkanes of at least 4 members (excludes halogenated alkanes) is 2. The summed E-state index contributed by atoms with van der Waals surface area (Å²) in [6, 6.07) is 2.25. The summed E-state index contributed by atoms with van der Waals surface area (Å²) in [5, 5.41) is 9.51. The molecule has 0 fully saturated rings. The Bertz CT molecular complexity index is 936. The number of ether oxygens (including phenoxy) is 1. The molecule has 152 valence electrons. The van der Waals surface area contributed by atoms with Crippen molar-refractivity contribution in [2.75, 3.05) is 0 Å². The van der Waals surface area contributed by atoms with Crippen LogP contribution in [0.25, 0.3) is 10.9 Å². The Morgan fingerprint density at radius 3 is 2.64 bits per heavy atom. The first kappa shape index (κ1) is 20.4. The molecule has 0 radical (unpaired) electrons. The van der Waals surface area contributed by atoms with Crippen LogP contribution in [0.4, 0.5) is 4.39 Å². The first-order valence-electron chi connectivity index (χ1n) is 10.2. The van der Waals surface area contributed by atoms with E-state index in [-0.39, 0.29) is 29.0 Å². The van der Waals surface area contributed by atoms with E-state index in [9.17, 15) is 19.1 Å². The van der Waals surface area contributed by atoms with E-state index in [1.165, 1.54) is 12.3 Å². The minimum Gasteiger partial charge on any atom is -0.486 e. The van der Waals surface area contributed by atoms with E-state index in [1.807, 2.05) is 6.92 Å². The summed E-state index contributed by atoms with van der Waals surface area (Å²) in [4.78, 5) is 24.1. The van der Waals surface area contributed by atoms with Gasteiger partial charge in [0.2, 0.25) is 5.43 Å². The number of hydrogen-bond acceptors (Lipinski definition) is 3. The molecule has 1 aliphatic heterocycles. The van der Waals surface area contributed by atoms with Crippen LogP contribution in [-0.2, 0) is 0 Å². The van der Waals surface area contributed by atoms with Gasteiger partial charge in [0.1, 0.15) is 23.2 Å². The normalized spacial score (nSPS) is 19.4. The molecule has 2 heterocycles. The van der Waals surface area contributed by atoms with E-state index in [1.54, 1.807) is 4.57 Å². The molecule has 1 aromatic heterocycles. The molecule has 5 nitrogen and oxygen atoms in total. The number of hydrogen-bond donors (Lipinski definition) is 1. The number of pyridine rings is 1. The highest BCUT2D eigenvalue weighted by Gasteiger charge is 2.35. The summed E-state index contributed by atoms with van der Waals surface area (Å²) in [6.07, 6.45) is 7.59. The molecule has 1 aromatic carbocycles. The van der Waals surface area contributed by atoms with Gasteiger partial charge in [-0.3, -0.25) is 4.79 Å². The Balaban J connectivity index is 2.12. The summed E-state index contributed by atoms with van der Waals surface area (Å²) in [6.45, 7) is 6.28. The van der Waals surface area contributed by atoms with Crippen LogP contribution in [0.15, 0.2) is 23.1 Å². The van der Waals surface area contributed by atoms with Crippen molar-refractivity contribution >= 4 is 16.9 Å². The Kier molecular flexibility index (Phi) is 6.06. The molecule has 0 bridgehead atoms. The number of carboxylic acid groups (broad SMARTS) is 1. The van der Waals surface area contributed by atoms with E-state index >= 15 is 0 Å². The molecule has 6 heteroatoms. The lowest BCUT2D eigenvalue weighted by atomic mass is 9.86. The number of carbonyl (C=O) groups is 1. The second-order valence-electron chi connectivity index (χ2n) is 7.75. The standard InChI is InChI=1S/C22H28FNO4/c1-4-6-7-9-14(8-5-2)21-13(3)24-12-17(22(26)27)20(25)16-10-15(23)11-18(28-21)19(16)24/h10-14,21H,4-9H2,1-3H3,(H,26,27)/t13-,14?,21?/m0/s1. The van der Waals surface area contributed by atoms with Crippen LogP contribution in [0.1, 0.15) is 75.7 Å². The summed E-state index contributed by atoms with van der Waals surface area (Å²) >= 11 is 0. The van der Waals surface area contributed by atoms with Gasteiger partial charge in [0, 0.05) is 12.3 Å². The van der Waals surface area contributed by atoms with Crippen LogP contribution in [-0.4, -0.2) is 21.7 Å². The minimum absolute atomic E-state index is 0.0539. The van der Waals surface area contributed by atoms with E-state index in [2.05, 4.69) is 13.8 Å². The molecule has 2 aromatic rings. The molecule has 0 amide bonds. The minimum atomic E-state index is -1.30. The summed E-state index contributed by atoms with van der Waals surface area (Å²) < 4.78 is 22.2. The predicted molar refractivity (Wildman–Crippen MR) is 107 cm³/mol. The van der Waals surface area contributed by atoms with Crippen molar-refractivity contribution < 1.29 is 19.0 Å². The molecule has 1 aliphatic rings. The Labute approximate surface area is 164 Å². The summed E-state index contributed by atoms with van der Waals surface area (Å²) in [7, 11) is 0. The molecule has 3 rings (SSSR count). The average Bonchev–Trinajstić information content (AvgIpc) is 2.65. The molecule has 0 saturated heterocycles. The Morgan fingerprint density at radius 2 is 2.00 bits per heavy atom. The maximum absolute atomic E-state index is 14.2. The third kappa shape index (κ3) is 3.64. The fourth-order valence-corrected chi connectivity index (χ4v) is 4.38. The van der Waals surface area contributed by atoms with Gasteiger partial charge in [0.25, 0.3) is 0 Å². The number of aromatic nitrogens is 1. The monoisotopic (exact) mass is 389 g/mol. The molecule has 28 heavy (non-hydrogen) atoms. The molecular formula is C22H28FNO4. The van der Waals surface area contributed by atoms with Crippen molar-refractivity contribution in [3.63, 3.8) is 0 Å². The van der Waals surface area contributed by atoms with Gasteiger partial charge in [-0.25, -0.2) is 9.18 Å². The fourth-order valence-electron chi connectivity index (χ4n) is 4.38. The zero-order valence-corrected chi connectivity index (χ0v) is 16.7. The second-order valence-corrected chi connectivity index (χ2v) is 7.75. The lowest BCUT2D eigenvalue weighted by Crippen LogP contribution is -2.39. The van der Waals surface area contributed by atoms with Gasteiger partial charge in [-0.05, 0) is 31.7 Å². The highest BCUT2D eigenvalue weighted by atomic mass is 19.1. The van der Waals surface area contributed by atoms with Crippen molar-refractivity contribution in [2.45, 2.75) is 71.4 Å². The maximum atomic E-state index is 14.2. The van der Waals surface area contributed by atoms with Gasteiger partial charge in [-0.1, -0.05) is 39.5 Å². The molecule has 0 aliphatic carbocycles. The van der Waals surface area contributed by atoms with Crippen LogP contribution in [0, 0.1) is 11.7 Å². The molecule has 2 unspecified atom stereocenters. The van der Waals surface area contributed by atoms with Crippen molar-refractivity contribution in [1.82, 2.24) is 4.57 Å². The van der Waals surface area contributed by atoms with Gasteiger partial charge in [0.05, 0.1) is 16.9 Å². The molecule has 1 N–H and O–H groups in total. The fraction of sp³-hybridized carbons (Fsp3) is 0.545. The van der Waals surface area contributed by atoms with E-state index < -0.39 is 17.2 Å². The Hall–Kier alpha value is -2.37. The molecular weight excluding hydrogens is 361 g/mol. The summed E-state index contributed by atoms with van der Waals surface area (Å²) in [5.41, 5.74) is -0.541. The van der Waals surface area contributed by atoms with Crippen LogP contribution < -0.4 is 10.2 Å². The largest absolute Gasteiger partial charge is 0.486 e. The zero-order chi connectivity index (χ0) is 20.4. The predicted octanol–water partition coefficient (Wildman–Crippen LogP) is 5.16. The van der Waals surface area contributed by atoms with E-state index in [0.29, 0.717) is 11.3 Å². The highest BCUT2D eigenvalue weighted by molar-refractivity contribution is 5.94. The van der Waals surface area contributed by atoms with Crippen LogP contribution in [0.2, 0.25) is 0 Å². The SMILES string of the molecule is CCCCCC(CCC)C1Oc2cc(F)cc3c(=O)c(C(=O)O)cn(c23)[C@H]1C. The number of halogens is 1. The first-order valence-corrected chi connectivity index (χ1v) is 10.2. The number of carboxylic acids is 1. The number of nitrogens with zero attached hydrogens (tertiary/aromatic N) is 1. The lowest BCUT2D eigenvalue weighted by molar-refractivity contribution is 0.0644. The van der Waals surface area contributed by atoms with E-state index in [0.717, 1.165) is 44.6 Å². The van der Waals surface area contributed by atoms with E-state index in [4.69, 9.17) is 4.74 Å². The van der Waals surface area contributed by atoms with Crippen molar-refractivity contribution in [1.29, 1.82) is 0 Å². The Morgan fingerprint density at radius 1 is 1.25 bits per heavy atom. The second kappa shape index (κ2) is 8.33. The first-order chi connectivity index (χ1) is 13.4.